The van der Waals surface area contributed by atoms with Gasteiger partial charge in [-0.15, -0.1) is 24.8 Å². The highest BCUT2D eigenvalue weighted by molar-refractivity contribution is 5.85. The molecule has 23 heavy (non-hydrogen) atoms. The van der Waals surface area contributed by atoms with E-state index in [1.165, 1.54) is 11.1 Å². The fourth-order valence-corrected chi connectivity index (χ4v) is 3.80. The fourth-order valence-electron chi connectivity index (χ4n) is 3.80. The quantitative estimate of drug-likeness (QED) is 0.826. The second kappa shape index (κ2) is 7.54. The Kier molecular flexibility index (Phi) is 5.93. The van der Waals surface area contributed by atoms with Crippen LogP contribution in [0.5, 0.6) is 5.75 Å². The van der Waals surface area contributed by atoms with E-state index < -0.39 is 0 Å². The molecule has 2 N–H and O–H groups in total. The van der Waals surface area contributed by atoms with Crippen molar-refractivity contribution in [2.75, 3.05) is 26.2 Å². The molecule has 0 bridgehead atoms. The van der Waals surface area contributed by atoms with Crippen LogP contribution >= 0.6 is 24.8 Å². The van der Waals surface area contributed by atoms with Gasteiger partial charge in [0.1, 0.15) is 5.75 Å². The molecule has 1 fully saturated rings. The number of hydrogen-bond donors (Lipinski definition) is 2. The molecular formula is C18H22Cl2N2O. The maximum absolute atomic E-state index is 10.4. The lowest BCUT2D eigenvalue weighted by Gasteiger charge is -2.44. The van der Waals surface area contributed by atoms with E-state index in [0.29, 0.717) is 11.8 Å². The van der Waals surface area contributed by atoms with Gasteiger partial charge in [-0.05, 0) is 17.2 Å². The van der Waals surface area contributed by atoms with Crippen LogP contribution in [0.2, 0.25) is 0 Å². The van der Waals surface area contributed by atoms with Crippen molar-refractivity contribution in [3.05, 3.63) is 65.2 Å². The molecule has 0 aliphatic carbocycles. The second-order valence-corrected chi connectivity index (χ2v) is 5.96. The van der Waals surface area contributed by atoms with E-state index >= 15 is 0 Å². The maximum atomic E-state index is 10.4. The van der Waals surface area contributed by atoms with Crippen molar-refractivity contribution >= 4 is 24.8 Å². The van der Waals surface area contributed by atoms with Gasteiger partial charge in [0, 0.05) is 43.7 Å². The van der Waals surface area contributed by atoms with E-state index in [0.717, 1.165) is 31.7 Å². The summed E-state index contributed by atoms with van der Waals surface area (Å²) in [7, 11) is 0. The average molecular weight is 353 g/mol. The Hall–Kier alpha value is -1.26. The molecule has 2 atom stereocenters. The first-order valence-electron chi connectivity index (χ1n) is 7.66. The molecule has 5 heteroatoms. The average Bonchev–Trinajstić information content (AvgIpc) is 2.55. The standard InChI is InChI=1S/C18H20N2O.2ClH/c21-17-8-4-7-14-16-11-19-9-10-20(16)12-15(18(14)17)13-5-2-1-3-6-13;;/h1-8,15-16,19,21H,9-12H2;2*1H/t15-,16+;;/m0../s1. The minimum atomic E-state index is 0. The number of phenols is 1. The van der Waals surface area contributed by atoms with Crippen molar-refractivity contribution in [1.82, 2.24) is 10.2 Å². The van der Waals surface area contributed by atoms with Gasteiger partial charge in [0.25, 0.3) is 0 Å². The number of hydrogen-bond acceptors (Lipinski definition) is 3. The molecule has 2 aromatic rings. The molecule has 1 saturated heterocycles. The SMILES string of the molecule is Cl.Cl.Oc1cccc2c1[C@H](c1ccccc1)CN1CCNC[C@H]21. The molecule has 0 aromatic heterocycles. The number of fused-ring (bicyclic) bond motifs is 3. The summed E-state index contributed by atoms with van der Waals surface area (Å²) in [5, 5.41) is 13.9. The minimum Gasteiger partial charge on any atom is -0.508 e. The number of benzene rings is 2. The molecule has 2 aromatic carbocycles. The first-order chi connectivity index (χ1) is 10.3. The van der Waals surface area contributed by atoms with Crippen LogP contribution in [-0.2, 0) is 0 Å². The number of halogens is 2. The predicted molar refractivity (Wildman–Crippen MR) is 98.1 cm³/mol. The Morgan fingerprint density at radius 1 is 1.00 bits per heavy atom. The molecule has 2 heterocycles. The van der Waals surface area contributed by atoms with E-state index in [-0.39, 0.29) is 30.7 Å². The van der Waals surface area contributed by atoms with Crippen LogP contribution in [0.25, 0.3) is 0 Å². The van der Waals surface area contributed by atoms with Crippen LogP contribution in [0.4, 0.5) is 0 Å². The third-order valence-electron chi connectivity index (χ3n) is 4.80. The number of nitrogens with zero attached hydrogens (tertiary/aromatic N) is 1. The van der Waals surface area contributed by atoms with Crippen molar-refractivity contribution < 1.29 is 5.11 Å². The van der Waals surface area contributed by atoms with Crippen molar-refractivity contribution in [2.45, 2.75) is 12.0 Å². The number of rotatable bonds is 1. The molecule has 2 aliphatic heterocycles. The van der Waals surface area contributed by atoms with E-state index in [1.54, 1.807) is 0 Å². The molecule has 124 valence electrons. The molecule has 4 rings (SSSR count). The molecule has 0 spiro atoms. The summed E-state index contributed by atoms with van der Waals surface area (Å²) in [5.74, 6) is 0.698. The summed E-state index contributed by atoms with van der Waals surface area (Å²) in [4.78, 5) is 2.55. The van der Waals surface area contributed by atoms with Gasteiger partial charge in [-0.2, -0.15) is 0 Å². The maximum Gasteiger partial charge on any atom is 0.119 e. The van der Waals surface area contributed by atoms with Crippen LogP contribution in [0.1, 0.15) is 28.7 Å². The zero-order valence-electron chi connectivity index (χ0n) is 12.8. The molecule has 2 aliphatic rings. The van der Waals surface area contributed by atoms with Crippen molar-refractivity contribution in [3.8, 4) is 5.75 Å². The smallest absolute Gasteiger partial charge is 0.119 e. The monoisotopic (exact) mass is 352 g/mol. The zero-order chi connectivity index (χ0) is 14.2. The van der Waals surface area contributed by atoms with Gasteiger partial charge in [0.2, 0.25) is 0 Å². The third-order valence-corrected chi connectivity index (χ3v) is 4.80. The van der Waals surface area contributed by atoms with E-state index in [2.05, 4.69) is 40.5 Å². The van der Waals surface area contributed by atoms with Gasteiger partial charge in [-0.3, -0.25) is 4.90 Å². The van der Waals surface area contributed by atoms with Gasteiger partial charge >= 0.3 is 0 Å². The van der Waals surface area contributed by atoms with E-state index in [9.17, 15) is 5.11 Å². The molecule has 3 nitrogen and oxygen atoms in total. The molecule has 0 amide bonds. The summed E-state index contributed by atoms with van der Waals surface area (Å²) in [6.45, 7) is 4.08. The lowest BCUT2D eigenvalue weighted by atomic mass is 9.80. The lowest BCUT2D eigenvalue weighted by Crippen LogP contribution is -2.50. The molecule has 0 unspecified atom stereocenters. The molecular weight excluding hydrogens is 331 g/mol. The van der Waals surface area contributed by atoms with Crippen LogP contribution in [0.15, 0.2) is 48.5 Å². The topological polar surface area (TPSA) is 35.5 Å². The Bertz CT molecular complexity index is 651. The minimum absolute atomic E-state index is 0. The summed E-state index contributed by atoms with van der Waals surface area (Å²) in [6, 6.07) is 16.9. The number of nitrogens with one attached hydrogen (secondary N) is 1. The first kappa shape index (κ1) is 18.1. The highest BCUT2D eigenvalue weighted by atomic mass is 35.5. The van der Waals surface area contributed by atoms with Gasteiger partial charge in [-0.1, -0.05) is 42.5 Å². The Labute approximate surface area is 149 Å². The predicted octanol–water partition coefficient (Wildman–Crippen LogP) is 3.33. The summed E-state index contributed by atoms with van der Waals surface area (Å²) < 4.78 is 0. The first-order valence-corrected chi connectivity index (χ1v) is 7.66. The van der Waals surface area contributed by atoms with Crippen LogP contribution in [0, 0.1) is 0 Å². The fraction of sp³-hybridized carbons (Fsp3) is 0.333. The Morgan fingerprint density at radius 3 is 2.57 bits per heavy atom. The van der Waals surface area contributed by atoms with Crippen molar-refractivity contribution in [1.29, 1.82) is 0 Å². The second-order valence-electron chi connectivity index (χ2n) is 5.96. The summed E-state index contributed by atoms with van der Waals surface area (Å²) in [5.41, 5.74) is 3.69. The van der Waals surface area contributed by atoms with E-state index in [4.69, 9.17) is 0 Å². The van der Waals surface area contributed by atoms with Gasteiger partial charge in [-0.25, -0.2) is 0 Å². The van der Waals surface area contributed by atoms with Crippen molar-refractivity contribution in [2.24, 2.45) is 0 Å². The largest absolute Gasteiger partial charge is 0.508 e. The molecule has 0 saturated carbocycles. The highest BCUT2D eigenvalue weighted by Gasteiger charge is 2.36. The third kappa shape index (κ3) is 3.20. The highest BCUT2D eigenvalue weighted by Crippen LogP contribution is 2.43. The zero-order valence-corrected chi connectivity index (χ0v) is 14.4. The number of piperazine rings is 1. The van der Waals surface area contributed by atoms with Crippen LogP contribution in [0.3, 0.4) is 0 Å². The van der Waals surface area contributed by atoms with Crippen LogP contribution in [-0.4, -0.2) is 36.2 Å². The lowest BCUT2D eigenvalue weighted by molar-refractivity contribution is 0.142. The van der Waals surface area contributed by atoms with Gasteiger partial charge < -0.3 is 10.4 Å². The Balaban J connectivity index is 0.000000960. The van der Waals surface area contributed by atoms with Crippen LogP contribution < -0.4 is 5.32 Å². The normalized spacial score (nSPS) is 23.0. The number of phenolic OH excluding ortho intramolecular Hbond substituents is 1. The van der Waals surface area contributed by atoms with Gasteiger partial charge in [0.15, 0.2) is 0 Å². The van der Waals surface area contributed by atoms with E-state index in [1.807, 2.05) is 18.2 Å². The summed E-state index contributed by atoms with van der Waals surface area (Å²) >= 11 is 0. The summed E-state index contributed by atoms with van der Waals surface area (Å²) in [6.07, 6.45) is 0. The Morgan fingerprint density at radius 2 is 1.78 bits per heavy atom. The molecule has 0 radical (unpaired) electrons. The number of aromatic hydroxyl groups is 1. The van der Waals surface area contributed by atoms with Crippen molar-refractivity contribution in [3.63, 3.8) is 0 Å². The van der Waals surface area contributed by atoms with Gasteiger partial charge in [0.05, 0.1) is 0 Å².